The molecule has 1 aliphatic rings. The second-order valence-corrected chi connectivity index (χ2v) is 6.96. The summed E-state index contributed by atoms with van der Waals surface area (Å²) < 4.78 is 2.14. The first-order valence-corrected chi connectivity index (χ1v) is 9.33. The molecule has 3 rings (SSSR count). The summed E-state index contributed by atoms with van der Waals surface area (Å²) in [4.78, 5) is 8.81. The van der Waals surface area contributed by atoms with Crippen LogP contribution in [0.25, 0.3) is 0 Å². The maximum atomic E-state index is 6.10. The largest absolute Gasteiger partial charge is 0.370 e. The van der Waals surface area contributed by atoms with Crippen molar-refractivity contribution in [3.8, 4) is 0 Å². The topological polar surface area (TPSA) is 68.2 Å². The van der Waals surface area contributed by atoms with Crippen LogP contribution in [0.5, 0.6) is 0 Å². The van der Waals surface area contributed by atoms with Gasteiger partial charge in [-0.05, 0) is 30.9 Å². The molecule has 5 nitrogen and oxygen atoms in total. The fourth-order valence-electron chi connectivity index (χ4n) is 3.45. The molecule has 1 aliphatic carbocycles. The third-order valence-corrected chi connectivity index (χ3v) is 4.91. The minimum atomic E-state index is 0.488. The second-order valence-electron chi connectivity index (χ2n) is 6.96. The Hall–Kier alpha value is -2.30. The van der Waals surface area contributed by atoms with E-state index in [-0.39, 0.29) is 0 Å². The molecule has 1 aromatic heterocycles. The Morgan fingerprint density at radius 3 is 2.72 bits per heavy atom. The van der Waals surface area contributed by atoms with Gasteiger partial charge in [0, 0.05) is 25.0 Å². The zero-order valence-electron chi connectivity index (χ0n) is 15.1. The summed E-state index contributed by atoms with van der Waals surface area (Å²) in [7, 11) is 0. The first-order chi connectivity index (χ1) is 12.2. The molecule has 0 amide bonds. The number of imidazole rings is 1. The molecule has 1 fully saturated rings. The van der Waals surface area contributed by atoms with Gasteiger partial charge in [0.25, 0.3) is 0 Å². The van der Waals surface area contributed by atoms with Crippen molar-refractivity contribution in [2.75, 3.05) is 0 Å². The molecule has 0 unspecified atom stereocenters. The zero-order chi connectivity index (χ0) is 17.5. The molecule has 0 atom stereocenters. The predicted molar refractivity (Wildman–Crippen MR) is 102 cm³/mol. The minimum Gasteiger partial charge on any atom is -0.370 e. The standard InChI is InChI=1S/C20H29N5/c1-16-22-11-12-25(16)15-18-8-6-7-17(13-18)14-23-20(21)24-19-9-4-2-3-5-10-19/h6-8,11-13,19H,2-5,9-10,14-15H2,1H3,(H3,21,23,24). The van der Waals surface area contributed by atoms with E-state index in [1.54, 1.807) is 0 Å². The zero-order valence-corrected chi connectivity index (χ0v) is 15.1. The monoisotopic (exact) mass is 339 g/mol. The molecule has 0 aliphatic heterocycles. The predicted octanol–water partition coefficient (Wildman–Crippen LogP) is 3.37. The van der Waals surface area contributed by atoms with Crippen molar-refractivity contribution < 1.29 is 0 Å². The molecule has 1 aromatic carbocycles. The van der Waals surface area contributed by atoms with Gasteiger partial charge in [-0.2, -0.15) is 0 Å². The first-order valence-electron chi connectivity index (χ1n) is 9.33. The summed E-state index contributed by atoms with van der Waals surface area (Å²) in [5, 5.41) is 3.40. The number of nitrogens with one attached hydrogen (secondary N) is 1. The van der Waals surface area contributed by atoms with Crippen LogP contribution < -0.4 is 11.1 Å². The Bertz CT molecular complexity index is 696. The van der Waals surface area contributed by atoms with Crippen LogP contribution in [0.15, 0.2) is 41.7 Å². The van der Waals surface area contributed by atoms with Crippen LogP contribution in [0, 0.1) is 6.92 Å². The number of rotatable bonds is 5. The van der Waals surface area contributed by atoms with E-state index < -0.39 is 0 Å². The number of nitrogens with two attached hydrogens (primary N) is 1. The number of hydrogen-bond donors (Lipinski definition) is 2. The molecule has 0 bridgehead atoms. The maximum Gasteiger partial charge on any atom is 0.189 e. The summed E-state index contributed by atoms with van der Waals surface area (Å²) in [6.07, 6.45) is 11.5. The number of aryl methyl sites for hydroxylation is 1. The van der Waals surface area contributed by atoms with Crippen molar-refractivity contribution in [3.63, 3.8) is 0 Å². The van der Waals surface area contributed by atoms with E-state index in [0.717, 1.165) is 12.4 Å². The summed E-state index contributed by atoms with van der Waals surface area (Å²) in [6, 6.07) is 9.01. The van der Waals surface area contributed by atoms with Crippen LogP contribution in [-0.4, -0.2) is 21.6 Å². The van der Waals surface area contributed by atoms with Gasteiger partial charge in [0.1, 0.15) is 5.82 Å². The average Bonchev–Trinajstić information content (AvgIpc) is 2.85. The average molecular weight is 339 g/mol. The fourth-order valence-corrected chi connectivity index (χ4v) is 3.45. The Balaban J connectivity index is 1.56. The normalized spacial score (nSPS) is 16.6. The van der Waals surface area contributed by atoms with Gasteiger partial charge in [-0.25, -0.2) is 9.98 Å². The van der Waals surface area contributed by atoms with Gasteiger partial charge in [0.05, 0.1) is 6.54 Å². The van der Waals surface area contributed by atoms with Crippen molar-refractivity contribution >= 4 is 5.96 Å². The molecular formula is C20H29N5. The lowest BCUT2D eigenvalue weighted by Gasteiger charge is -2.16. The van der Waals surface area contributed by atoms with Crippen molar-refractivity contribution in [1.29, 1.82) is 0 Å². The molecule has 1 heterocycles. The minimum absolute atomic E-state index is 0.488. The highest BCUT2D eigenvalue weighted by atomic mass is 15.1. The van der Waals surface area contributed by atoms with E-state index in [2.05, 4.69) is 44.1 Å². The van der Waals surface area contributed by atoms with Crippen molar-refractivity contribution in [2.24, 2.45) is 10.7 Å². The van der Waals surface area contributed by atoms with E-state index in [4.69, 9.17) is 5.73 Å². The summed E-state index contributed by atoms with van der Waals surface area (Å²) in [5.41, 5.74) is 8.53. The van der Waals surface area contributed by atoms with E-state index in [1.165, 1.54) is 49.7 Å². The van der Waals surface area contributed by atoms with Crippen LogP contribution in [0.4, 0.5) is 0 Å². The maximum absolute atomic E-state index is 6.10. The lowest BCUT2D eigenvalue weighted by atomic mass is 10.1. The Kier molecular flexibility index (Phi) is 6.09. The van der Waals surface area contributed by atoms with Crippen LogP contribution >= 0.6 is 0 Å². The van der Waals surface area contributed by atoms with Gasteiger partial charge in [-0.15, -0.1) is 0 Å². The van der Waals surface area contributed by atoms with Gasteiger partial charge in [0.2, 0.25) is 0 Å². The molecule has 134 valence electrons. The lowest BCUT2D eigenvalue weighted by Crippen LogP contribution is -2.39. The van der Waals surface area contributed by atoms with E-state index >= 15 is 0 Å². The SMILES string of the molecule is Cc1nccn1Cc1cccc(CN=C(N)NC2CCCCCC2)c1. The molecule has 0 saturated heterocycles. The number of aliphatic imine (C=N–C) groups is 1. The molecule has 5 heteroatoms. The molecular weight excluding hydrogens is 310 g/mol. The second kappa shape index (κ2) is 8.70. The summed E-state index contributed by atoms with van der Waals surface area (Å²) in [5.74, 6) is 1.60. The van der Waals surface area contributed by atoms with Crippen molar-refractivity contribution in [3.05, 3.63) is 53.6 Å². The van der Waals surface area contributed by atoms with Crippen LogP contribution in [0.1, 0.15) is 55.5 Å². The molecule has 0 radical (unpaired) electrons. The van der Waals surface area contributed by atoms with E-state index in [0.29, 0.717) is 18.5 Å². The Morgan fingerprint density at radius 1 is 1.24 bits per heavy atom. The molecule has 0 spiro atoms. The van der Waals surface area contributed by atoms with E-state index in [1.807, 2.05) is 19.3 Å². The first kappa shape index (κ1) is 17.5. The molecule has 25 heavy (non-hydrogen) atoms. The van der Waals surface area contributed by atoms with Gasteiger partial charge >= 0.3 is 0 Å². The number of hydrogen-bond acceptors (Lipinski definition) is 2. The van der Waals surface area contributed by atoms with Gasteiger partial charge in [0.15, 0.2) is 5.96 Å². The van der Waals surface area contributed by atoms with Crippen molar-refractivity contribution in [1.82, 2.24) is 14.9 Å². The van der Waals surface area contributed by atoms with Crippen LogP contribution in [0.3, 0.4) is 0 Å². The summed E-state index contributed by atoms with van der Waals surface area (Å²) >= 11 is 0. The molecule has 3 N–H and O–H groups in total. The van der Waals surface area contributed by atoms with Crippen molar-refractivity contribution in [2.45, 2.75) is 64.6 Å². The third-order valence-electron chi connectivity index (χ3n) is 4.91. The molecule has 2 aromatic rings. The smallest absolute Gasteiger partial charge is 0.189 e. The number of aromatic nitrogens is 2. The Morgan fingerprint density at radius 2 is 2.00 bits per heavy atom. The number of nitrogens with zero attached hydrogens (tertiary/aromatic N) is 3. The van der Waals surface area contributed by atoms with Gasteiger partial charge in [-0.3, -0.25) is 0 Å². The van der Waals surface area contributed by atoms with Crippen LogP contribution in [0.2, 0.25) is 0 Å². The van der Waals surface area contributed by atoms with Gasteiger partial charge in [-0.1, -0.05) is 49.9 Å². The van der Waals surface area contributed by atoms with E-state index in [9.17, 15) is 0 Å². The highest BCUT2D eigenvalue weighted by Gasteiger charge is 2.12. The Labute approximate surface area is 150 Å². The highest BCUT2D eigenvalue weighted by Crippen LogP contribution is 2.17. The fraction of sp³-hybridized carbons (Fsp3) is 0.500. The number of benzene rings is 1. The summed E-state index contributed by atoms with van der Waals surface area (Å²) in [6.45, 7) is 3.47. The van der Waals surface area contributed by atoms with Gasteiger partial charge < -0.3 is 15.6 Å². The third kappa shape index (κ3) is 5.34. The highest BCUT2D eigenvalue weighted by molar-refractivity contribution is 5.78. The number of guanidine groups is 1. The molecule has 1 saturated carbocycles. The van der Waals surface area contributed by atoms with Crippen LogP contribution in [-0.2, 0) is 13.1 Å². The lowest BCUT2D eigenvalue weighted by molar-refractivity contribution is 0.530. The quantitative estimate of drug-likeness (QED) is 0.498.